The third kappa shape index (κ3) is 3.09. The quantitative estimate of drug-likeness (QED) is 0.842. The van der Waals surface area contributed by atoms with Gasteiger partial charge in [0, 0.05) is 18.6 Å². The Morgan fingerprint density at radius 2 is 1.72 bits per heavy atom. The summed E-state index contributed by atoms with van der Waals surface area (Å²) in [4.78, 5) is 0. The molecule has 2 heteroatoms. The van der Waals surface area contributed by atoms with Crippen LogP contribution < -0.4 is 10.6 Å². The molecule has 0 spiro atoms. The lowest BCUT2D eigenvalue weighted by molar-refractivity contribution is 0.491. The average Bonchev–Trinajstić information content (AvgIpc) is 2.39. The largest absolute Gasteiger partial charge is 0.313 e. The molecule has 0 bridgehead atoms. The highest BCUT2D eigenvalue weighted by molar-refractivity contribution is 5.83. The van der Waals surface area contributed by atoms with Gasteiger partial charge in [0.25, 0.3) is 0 Å². The van der Waals surface area contributed by atoms with Crippen LogP contribution in [0.3, 0.4) is 0 Å². The predicted octanol–water partition coefficient (Wildman–Crippen LogP) is 3.10. The first-order valence-electron chi connectivity index (χ1n) is 6.60. The van der Waals surface area contributed by atoms with Crippen LogP contribution in [0, 0.1) is 0 Å². The highest BCUT2D eigenvalue weighted by Crippen LogP contribution is 2.20. The van der Waals surface area contributed by atoms with Crippen molar-refractivity contribution in [1.82, 2.24) is 10.6 Å². The molecule has 0 amide bonds. The summed E-state index contributed by atoms with van der Waals surface area (Å²) < 4.78 is 0. The van der Waals surface area contributed by atoms with Crippen LogP contribution in [0.15, 0.2) is 42.5 Å². The van der Waals surface area contributed by atoms with Gasteiger partial charge >= 0.3 is 0 Å². The van der Waals surface area contributed by atoms with E-state index >= 15 is 0 Å². The molecule has 1 unspecified atom stereocenters. The molecule has 0 aliphatic heterocycles. The van der Waals surface area contributed by atoms with Gasteiger partial charge in [-0.15, -0.1) is 0 Å². The van der Waals surface area contributed by atoms with Gasteiger partial charge in [0.2, 0.25) is 0 Å². The fraction of sp³-hybridized carbons (Fsp3) is 0.375. The lowest BCUT2D eigenvalue weighted by Gasteiger charge is -2.19. The normalized spacial score (nSPS) is 13.1. The summed E-state index contributed by atoms with van der Waals surface area (Å²) >= 11 is 0. The van der Waals surface area contributed by atoms with Gasteiger partial charge in [-0.1, -0.05) is 50.2 Å². The molecule has 0 aliphatic rings. The van der Waals surface area contributed by atoms with E-state index in [9.17, 15) is 0 Å². The maximum absolute atomic E-state index is 3.48. The van der Waals surface area contributed by atoms with Crippen molar-refractivity contribution >= 4 is 10.8 Å². The highest BCUT2D eigenvalue weighted by Gasteiger charge is 2.09. The van der Waals surface area contributed by atoms with E-state index in [2.05, 4.69) is 66.9 Å². The topological polar surface area (TPSA) is 24.1 Å². The van der Waals surface area contributed by atoms with E-state index in [-0.39, 0.29) is 0 Å². The molecular formula is C16H22N2. The fourth-order valence-corrected chi connectivity index (χ4v) is 2.16. The minimum Gasteiger partial charge on any atom is -0.313 e. The Morgan fingerprint density at radius 1 is 1.00 bits per heavy atom. The molecule has 0 radical (unpaired) electrons. The molecule has 0 fully saturated rings. The molecule has 0 aliphatic carbocycles. The van der Waals surface area contributed by atoms with Crippen LogP contribution in [-0.2, 0) is 0 Å². The molecule has 2 aromatic carbocycles. The van der Waals surface area contributed by atoms with Gasteiger partial charge in [0.05, 0.1) is 0 Å². The molecule has 1 atom stereocenters. The number of hydrogen-bond donors (Lipinski definition) is 2. The van der Waals surface area contributed by atoms with E-state index in [0.717, 1.165) is 6.54 Å². The SMILES string of the molecule is CNC(CNC(C)C)c1ccc2ccccc2c1. The van der Waals surface area contributed by atoms with Crippen LogP contribution in [-0.4, -0.2) is 19.6 Å². The number of likely N-dealkylation sites (N-methyl/N-ethyl adjacent to an activating group) is 1. The van der Waals surface area contributed by atoms with Gasteiger partial charge in [0.1, 0.15) is 0 Å². The van der Waals surface area contributed by atoms with E-state index in [1.165, 1.54) is 16.3 Å². The Labute approximate surface area is 109 Å². The van der Waals surface area contributed by atoms with Crippen LogP contribution in [0.4, 0.5) is 0 Å². The maximum atomic E-state index is 3.48. The van der Waals surface area contributed by atoms with Crippen molar-refractivity contribution in [3.8, 4) is 0 Å². The van der Waals surface area contributed by atoms with Crippen molar-refractivity contribution in [2.75, 3.05) is 13.6 Å². The Hall–Kier alpha value is -1.38. The highest BCUT2D eigenvalue weighted by atomic mass is 15.0. The monoisotopic (exact) mass is 242 g/mol. The lowest BCUT2D eigenvalue weighted by Crippen LogP contribution is -2.33. The molecule has 2 nitrogen and oxygen atoms in total. The molecule has 2 aromatic rings. The van der Waals surface area contributed by atoms with Gasteiger partial charge in [-0.25, -0.2) is 0 Å². The lowest BCUT2D eigenvalue weighted by atomic mass is 10.0. The van der Waals surface area contributed by atoms with Crippen molar-refractivity contribution in [2.24, 2.45) is 0 Å². The van der Waals surface area contributed by atoms with Crippen LogP contribution in [0.2, 0.25) is 0 Å². The standard InChI is InChI=1S/C16H22N2/c1-12(2)18-11-16(17-3)15-9-8-13-6-4-5-7-14(13)10-15/h4-10,12,16-18H,11H2,1-3H3. The second-order valence-corrected chi connectivity index (χ2v) is 5.01. The molecule has 18 heavy (non-hydrogen) atoms. The number of nitrogens with one attached hydrogen (secondary N) is 2. The number of rotatable bonds is 5. The van der Waals surface area contributed by atoms with Crippen LogP contribution in [0.25, 0.3) is 10.8 Å². The fourth-order valence-electron chi connectivity index (χ4n) is 2.16. The van der Waals surface area contributed by atoms with Crippen molar-refractivity contribution in [3.63, 3.8) is 0 Å². The zero-order valence-corrected chi connectivity index (χ0v) is 11.4. The maximum Gasteiger partial charge on any atom is 0.0444 e. The smallest absolute Gasteiger partial charge is 0.0444 e. The summed E-state index contributed by atoms with van der Waals surface area (Å²) in [5.41, 5.74) is 1.34. The Kier molecular flexibility index (Phi) is 4.34. The summed E-state index contributed by atoms with van der Waals surface area (Å²) in [6, 6.07) is 16.1. The zero-order valence-electron chi connectivity index (χ0n) is 11.4. The minimum atomic E-state index is 0.358. The first-order valence-corrected chi connectivity index (χ1v) is 6.60. The Morgan fingerprint density at radius 3 is 2.39 bits per heavy atom. The van der Waals surface area contributed by atoms with Gasteiger partial charge < -0.3 is 10.6 Å². The zero-order chi connectivity index (χ0) is 13.0. The van der Waals surface area contributed by atoms with Gasteiger partial charge in [-0.2, -0.15) is 0 Å². The number of benzene rings is 2. The van der Waals surface area contributed by atoms with Gasteiger partial charge in [-0.05, 0) is 29.4 Å². The van der Waals surface area contributed by atoms with Crippen molar-refractivity contribution in [2.45, 2.75) is 25.9 Å². The summed E-state index contributed by atoms with van der Waals surface area (Å²) in [5, 5.41) is 9.46. The molecule has 0 heterocycles. The molecule has 0 aromatic heterocycles. The number of hydrogen-bond acceptors (Lipinski definition) is 2. The first kappa shape index (κ1) is 13.1. The number of fused-ring (bicyclic) bond motifs is 1. The summed E-state index contributed by atoms with van der Waals surface area (Å²) in [6.07, 6.45) is 0. The van der Waals surface area contributed by atoms with Crippen molar-refractivity contribution in [3.05, 3.63) is 48.0 Å². The van der Waals surface area contributed by atoms with Crippen LogP contribution in [0.5, 0.6) is 0 Å². The van der Waals surface area contributed by atoms with Crippen LogP contribution in [0.1, 0.15) is 25.5 Å². The molecule has 2 N–H and O–H groups in total. The van der Waals surface area contributed by atoms with E-state index in [1.54, 1.807) is 0 Å². The minimum absolute atomic E-state index is 0.358. The van der Waals surface area contributed by atoms with Gasteiger partial charge in [-0.3, -0.25) is 0 Å². The molecular weight excluding hydrogens is 220 g/mol. The molecule has 0 saturated heterocycles. The van der Waals surface area contributed by atoms with Crippen molar-refractivity contribution < 1.29 is 0 Å². The third-order valence-electron chi connectivity index (χ3n) is 3.25. The Bertz CT molecular complexity index is 505. The van der Waals surface area contributed by atoms with E-state index in [4.69, 9.17) is 0 Å². The summed E-state index contributed by atoms with van der Waals surface area (Å²) in [7, 11) is 2.02. The Balaban J connectivity index is 2.22. The first-order chi connectivity index (χ1) is 8.70. The molecule has 0 saturated carbocycles. The predicted molar refractivity (Wildman–Crippen MR) is 78.9 cm³/mol. The van der Waals surface area contributed by atoms with E-state index < -0.39 is 0 Å². The van der Waals surface area contributed by atoms with Crippen molar-refractivity contribution in [1.29, 1.82) is 0 Å². The average molecular weight is 242 g/mol. The third-order valence-corrected chi connectivity index (χ3v) is 3.25. The van der Waals surface area contributed by atoms with E-state index in [0.29, 0.717) is 12.1 Å². The second-order valence-electron chi connectivity index (χ2n) is 5.01. The second kappa shape index (κ2) is 5.98. The summed E-state index contributed by atoms with van der Waals surface area (Å²) in [6.45, 7) is 5.30. The van der Waals surface area contributed by atoms with E-state index in [1.807, 2.05) is 7.05 Å². The van der Waals surface area contributed by atoms with Crippen LogP contribution >= 0.6 is 0 Å². The van der Waals surface area contributed by atoms with Gasteiger partial charge in [0.15, 0.2) is 0 Å². The summed E-state index contributed by atoms with van der Waals surface area (Å²) in [5.74, 6) is 0. The molecule has 2 rings (SSSR count). The molecule has 96 valence electrons.